The zero-order chi connectivity index (χ0) is 17.5. The van der Waals surface area contributed by atoms with E-state index in [9.17, 15) is 14.4 Å². The Morgan fingerprint density at radius 2 is 1.96 bits per heavy atom. The molecule has 2 N–H and O–H groups in total. The number of carbonyl (C=O) groups is 3. The van der Waals surface area contributed by atoms with Gasteiger partial charge < -0.3 is 15.3 Å². The van der Waals surface area contributed by atoms with Gasteiger partial charge >= 0.3 is 5.97 Å². The van der Waals surface area contributed by atoms with Crippen LogP contribution in [-0.2, 0) is 9.59 Å². The van der Waals surface area contributed by atoms with Gasteiger partial charge in [-0.15, -0.1) is 0 Å². The average Bonchev–Trinajstić information content (AvgIpc) is 2.60. The van der Waals surface area contributed by atoms with E-state index in [0.717, 1.165) is 12.8 Å². The first-order chi connectivity index (χ1) is 11.5. The van der Waals surface area contributed by atoms with Gasteiger partial charge in [-0.25, -0.2) is 0 Å². The van der Waals surface area contributed by atoms with Crippen LogP contribution in [0.2, 0.25) is 0 Å². The highest BCUT2D eigenvalue weighted by atomic mass is 16.4. The van der Waals surface area contributed by atoms with E-state index in [1.165, 1.54) is 0 Å². The van der Waals surface area contributed by atoms with Crippen LogP contribution in [-0.4, -0.2) is 40.9 Å². The monoisotopic (exact) mass is 332 g/mol. The van der Waals surface area contributed by atoms with Crippen LogP contribution in [0.25, 0.3) is 0 Å². The molecule has 1 aromatic rings. The number of carbonyl (C=O) groups excluding carboxylic acids is 2. The molecule has 1 atom stereocenters. The summed E-state index contributed by atoms with van der Waals surface area (Å²) in [6.07, 6.45) is 3.62. The first kappa shape index (κ1) is 18.0. The fourth-order valence-corrected chi connectivity index (χ4v) is 2.80. The molecule has 0 spiro atoms. The van der Waals surface area contributed by atoms with Crippen LogP contribution in [0.15, 0.2) is 24.3 Å². The second-order valence-electron chi connectivity index (χ2n) is 6.16. The van der Waals surface area contributed by atoms with Crippen LogP contribution in [0.1, 0.15) is 49.4 Å². The third kappa shape index (κ3) is 4.81. The summed E-state index contributed by atoms with van der Waals surface area (Å²) in [5.74, 6) is -1.53. The lowest BCUT2D eigenvalue weighted by molar-refractivity contribution is -0.143. The van der Waals surface area contributed by atoms with Gasteiger partial charge in [-0.05, 0) is 43.5 Å². The van der Waals surface area contributed by atoms with E-state index in [1.807, 2.05) is 6.92 Å². The quantitative estimate of drug-likeness (QED) is 0.838. The molecule has 0 aromatic heterocycles. The van der Waals surface area contributed by atoms with Gasteiger partial charge in [0.1, 0.15) is 0 Å². The number of rotatable bonds is 6. The maximum atomic E-state index is 12.5. The summed E-state index contributed by atoms with van der Waals surface area (Å²) in [6.45, 7) is 2.87. The Balaban J connectivity index is 1.95. The number of nitrogens with one attached hydrogen (secondary N) is 1. The van der Waals surface area contributed by atoms with Crippen LogP contribution in [0.5, 0.6) is 0 Å². The minimum Gasteiger partial charge on any atom is -0.481 e. The summed E-state index contributed by atoms with van der Waals surface area (Å²) >= 11 is 0. The Morgan fingerprint density at radius 1 is 1.25 bits per heavy atom. The van der Waals surface area contributed by atoms with E-state index < -0.39 is 11.9 Å². The SMILES string of the molecule is CCCCC(=O)Nc1ccc(C(=O)N2CCC[C@H](C(=O)O)C2)cc1. The zero-order valence-corrected chi connectivity index (χ0v) is 14.0. The number of nitrogens with zero attached hydrogens (tertiary/aromatic N) is 1. The van der Waals surface area contributed by atoms with Crippen molar-refractivity contribution in [3.8, 4) is 0 Å². The summed E-state index contributed by atoms with van der Waals surface area (Å²) in [7, 11) is 0. The lowest BCUT2D eigenvalue weighted by atomic mass is 9.97. The van der Waals surface area contributed by atoms with Crippen LogP contribution in [0, 0.1) is 5.92 Å². The molecule has 0 unspecified atom stereocenters. The van der Waals surface area contributed by atoms with E-state index >= 15 is 0 Å². The predicted octanol–water partition coefficient (Wildman–Crippen LogP) is 2.75. The molecule has 1 aliphatic heterocycles. The largest absolute Gasteiger partial charge is 0.481 e. The molecule has 1 aromatic carbocycles. The third-order valence-corrected chi connectivity index (χ3v) is 4.23. The molecule has 0 radical (unpaired) electrons. The third-order valence-electron chi connectivity index (χ3n) is 4.23. The van der Waals surface area contributed by atoms with Crippen molar-refractivity contribution in [3.63, 3.8) is 0 Å². The van der Waals surface area contributed by atoms with Crippen molar-refractivity contribution in [1.29, 1.82) is 0 Å². The Labute approximate surface area is 141 Å². The minimum absolute atomic E-state index is 0.0312. The summed E-state index contributed by atoms with van der Waals surface area (Å²) in [5, 5.41) is 11.9. The number of aliphatic carboxylic acids is 1. The number of unbranched alkanes of at least 4 members (excludes halogenated alkanes) is 1. The lowest BCUT2D eigenvalue weighted by Crippen LogP contribution is -2.42. The van der Waals surface area contributed by atoms with Gasteiger partial charge in [-0.2, -0.15) is 0 Å². The van der Waals surface area contributed by atoms with Crippen molar-refractivity contribution in [1.82, 2.24) is 4.90 Å². The van der Waals surface area contributed by atoms with Gasteiger partial charge in [0, 0.05) is 30.8 Å². The molecule has 24 heavy (non-hydrogen) atoms. The van der Waals surface area contributed by atoms with Crippen molar-refractivity contribution >= 4 is 23.5 Å². The molecule has 130 valence electrons. The molecule has 6 heteroatoms. The fraction of sp³-hybridized carbons (Fsp3) is 0.500. The van der Waals surface area contributed by atoms with Gasteiger partial charge in [-0.3, -0.25) is 14.4 Å². The Hall–Kier alpha value is -2.37. The highest BCUT2D eigenvalue weighted by Crippen LogP contribution is 2.20. The Kier molecular flexibility index (Phi) is 6.35. The van der Waals surface area contributed by atoms with Gasteiger partial charge in [0.2, 0.25) is 5.91 Å². The predicted molar refractivity (Wildman–Crippen MR) is 90.9 cm³/mol. The van der Waals surface area contributed by atoms with Crippen LogP contribution < -0.4 is 5.32 Å². The molecule has 1 heterocycles. The van der Waals surface area contributed by atoms with Crippen molar-refractivity contribution < 1.29 is 19.5 Å². The highest BCUT2D eigenvalue weighted by molar-refractivity contribution is 5.96. The van der Waals surface area contributed by atoms with Gasteiger partial charge in [0.15, 0.2) is 0 Å². The van der Waals surface area contributed by atoms with Crippen molar-refractivity contribution in [2.75, 3.05) is 18.4 Å². The maximum Gasteiger partial charge on any atom is 0.308 e. The van der Waals surface area contributed by atoms with Crippen molar-refractivity contribution in [3.05, 3.63) is 29.8 Å². The number of hydrogen-bond acceptors (Lipinski definition) is 3. The number of benzene rings is 1. The number of piperidine rings is 1. The molecule has 1 aliphatic rings. The van der Waals surface area contributed by atoms with E-state index in [1.54, 1.807) is 29.2 Å². The molecule has 0 bridgehead atoms. The number of hydrogen-bond donors (Lipinski definition) is 2. The number of anilines is 1. The molecule has 6 nitrogen and oxygen atoms in total. The summed E-state index contributed by atoms with van der Waals surface area (Å²) in [5.41, 5.74) is 1.17. The molecular weight excluding hydrogens is 308 g/mol. The average molecular weight is 332 g/mol. The second-order valence-corrected chi connectivity index (χ2v) is 6.16. The minimum atomic E-state index is -0.849. The van der Waals surface area contributed by atoms with E-state index in [4.69, 9.17) is 5.11 Å². The zero-order valence-electron chi connectivity index (χ0n) is 14.0. The number of amides is 2. The van der Waals surface area contributed by atoms with Gasteiger partial charge in [0.05, 0.1) is 5.92 Å². The van der Waals surface area contributed by atoms with Crippen LogP contribution in [0.4, 0.5) is 5.69 Å². The maximum absolute atomic E-state index is 12.5. The molecule has 2 amide bonds. The first-order valence-electron chi connectivity index (χ1n) is 8.43. The topological polar surface area (TPSA) is 86.7 Å². The highest BCUT2D eigenvalue weighted by Gasteiger charge is 2.28. The van der Waals surface area contributed by atoms with E-state index in [-0.39, 0.29) is 18.4 Å². The lowest BCUT2D eigenvalue weighted by Gasteiger charge is -2.30. The normalized spacial score (nSPS) is 17.4. The van der Waals surface area contributed by atoms with E-state index in [0.29, 0.717) is 37.1 Å². The number of carboxylic acid groups (broad SMARTS) is 1. The summed E-state index contributed by atoms with van der Waals surface area (Å²) in [6, 6.07) is 6.75. The standard InChI is InChI=1S/C18H24N2O4/c1-2-3-6-16(21)19-15-9-7-13(8-10-15)17(22)20-11-4-5-14(12-20)18(23)24/h7-10,14H,2-6,11-12H2,1H3,(H,19,21)(H,23,24)/t14-/m0/s1. The first-order valence-corrected chi connectivity index (χ1v) is 8.43. The van der Waals surface area contributed by atoms with Crippen LogP contribution in [0.3, 0.4) is 0 Å². The van der Waals surface area contributed by atoms with E-state index in [2.05, 4.69) is 5.32 Å². The molecule has 2 rings (SSSR count). The number of likely N-dealkylation sites (tertiary alicyclic amines) is 1. The summed E-state index contributed by atoms with van der Waals surface area (Å²) < 4.78 is 0. The summed E-state index contributed by atoms with van der Waals surface area (Å²) in [4.78, 5) is 36.9. The van der Waals surface area contributed by atoms with Gasteiger partial charge in [0.25, 0.3) is 5.91 Å². The van der Waals surface area contributed by atoms with Crippen molar-refractivity contribution in [2.24, 2.45) is 5.92 Å². The molecule has 0 saturated carbocycles. The molecule has 0 aliphatic carbocycles. The molecular formula is C18H24N2O4. The second kappa shape index (κ2) is 8.47. The smallest absolute Gasteiger partial charge is 0.308 e. The molecule has 1 saturated heterocycles. The number of carboxylic acids is 1. The fourth-order valence-electron chi connectivity index (χ4n) is 2.80. The Morgan fingerprint density at radius 3 is 2.58 bits per heavy atom. The Bertz CT molecular complexity index is 598. The van der Waals surface area contributed by atoms with Crippen molar-refractivity contribution in [2.45, 2.75) is 39.0 Å². The van der Waals surface area contributed by atoms with Crippen LogP contribution >= 0.6 is 0 Å². The van der Waals surface area contributed by atoms with Gasteiger partial charge in [-0.1, -0.05) is 13.3 Å². The molecule has 1 fully saturated rings.